The van der Waals surface area contributed by atoms with Crippen LogP contribution in [-0.4, -0.2) is 51.0 Å². The van der Waals surface area contributed by atoms with E-state index in [0.717, 1.165) is 43.2 Å². The maximum Gasteiger partial charge on any atom is 0.500 e. The molecule has 0 radical (unpaired) electrons. The molecule has 0 fully saturated rings. The Morgan fingerprint density at radius 1 is 0.741 bits per heavy atom. The summed E-state index contributed by atoms with van der Waals surface area (Å²) in [4.78, 5) is 11.6. The topological polar surface area (TPSA) is 44.8 Å². The molecular weight excluding hydrogens is 396 g/mol. The molecule has 0 heterocycles. The van der Waals surface area contributed by atoms with Gasteiger partial charge in [-0.3, -0.25) is 4.79 Å². The summed E-state index contributed by atoms with van der Waals surface area (Å²) >= 11 is 3.55. The molecule has 0 unspecified atom stereocenters. The highest BCUT2D eigenvalue weighted by Gasteiger charge is 2.39. The zero-order chi connectivity index (χ0) is 20.2. The van der Waals surface area contributed by atoms with Crippen LogP contribution in [0, 0.1) is 0 Å². The van der Waals surface area contributed by atoms with E-state index in [4.69, 9.17) is 13.3 Å². The molecule has 0 spiro atoms. The molecule has 0 N–H and O–H groups in total. The Bertz CT molecular complexity index is 329. The van der Waals surface area contributed by atoms with Crippen molar-refractivity contribution in [3.8, 4) is 0 Å². The van der Waals surface area contributed by atoms with Gasteiger partial charge in [-0.05, 0) is 58.0 Å². The predicted octanol–water partition coefficient (Wildman–Crippen LogP) is 6.17. The molecule has 0 saturated heterocycles. The van der Waals surface area contributed by atoms with Gasteiger partial charge in [0.05, 0.1) is 0 Å². The van der Waals surface area contributed by atoms with Crippen molar-refractivity contribution >= 4 is 37.4 Å². The van der Waals surface area contributed by atoms with Crippen LogP contribution in [0.15, 0.2) is 0 Å². The molecule has 0 aliphatic rings. The highest BCUT2D eigenvalue weighted by molar-refractivity contribution is 8.13. The van der Waals surface area contributed by atoms with Crippen LogP contribution in [-0.2, 0) is 18.1 Å². The summed E-state index contributed by atoms with van der Waals surface area (Å²) in [6.45, 7) is 10.1. The lowest BCUT2D eigenvalue weighted by Gasteiger charge is -2.28. The molecule has 0 bridgehead atoms. The van der Waals surface area contributed by atoms with Crippen molar-refractivity contribution in [2.45, 2.75) is 85.1 Å². The zero-order valence-corrected chi connectivity index (χ0v) is 20.7. The van der Waals surface area contributed by atoms with Crippen molar-refractivity contribution in [2.24, 2.45) is 0 Å². The number of hydrogen-bond donors (Lipinski definition) is 0. The Hall–Kier alpha value is 0.467. The average molecular weight is 439 g/mol. The van der Waals surface area contributed by atoms with E-state index in [2.05, 4.69) is 6.92 Å². The third-order valence-electron chi connectivity index (χ3n) is 4.04. The molecule has 0 amide bonds. The van der Waals surface area contributed by atoms with Gasteiger partial charge < -0.3 is 13.3 Å². The highest BCUT2D eigenvalue weighted by atomic mass is 32.2. The first-order valence-electron chi connectivity index (χ1n) is 10.8. The first-order valence-corrected chi connectivity index (χ1v) is 14.9. The highest BCUT2D eigenvalue weighted by Crippen LogP contribution is 2.20. The smallest absolute Gasteiger partial charge is 0.374 e. The third kappa shape index (κ3) is 16.0. The van der Waals surface area contributed by atoms with Gasteiger partial charge in [0, 0.05) is 38.0 Å². The quantitative estimate of drug-likeness (QED) is 0.167. The van der Waals surface area contributed by atoms with Crippen LogP contribution in [0.25, 0.3) is 0 Å². The molecule has 0 atom stereocenters. The minimum Gasteiger partial charge on any atom is -0.374 e. The average Bonchev–Trinajstić information content (AvgIpc) is 2.65. The fourth-order valence-corrected chi connectivity index (χ4v) is 7.43. The lowest BCUT2D eigenvalue weighted by molar-refractivity contribution is -0.111. The maximum absolute atomic E-state index is 11.6. The fourth-order valence-electron chi connectivity index (χ4n) is 2.73. The van der Waals surface area contributed by atoms with E-state index >= 15 is 0 Å². The molecule has 4 nitrogen and oxygen atoms in total. The molecule has 0 saturated carbocycles. The number of carbonyl (C=O) groups is 1. The van der Waals surface area contributed by atoms with Crippen LogP contribution in [0.1, 0.15) is 79.1 Å². The van der Waals surface area contributed by atoms with Gasteiger partial charge in [-0.25, -0.2) is 0 Å². The van der Waals surface area contributed by atoms with Crippen LogP contribution in [0.3, 0.4) is 0 Å². The Labute approximate surface area is 177 Å². The predicted molar refractivity (Wildman–Crippen MR) is 123 cm³/mol. The zero-order valence-electron chi connectivity index (χ0n) is 18.1. The number of thioether (sulfide) groups is 2. The summed E-state index contributed by atoms with van der Waals surface area (Å²) in [7, 11) is -2.45. The van der Waals surface area contributed by atoms with Gasteiger partial charge in [-0.1, -0.05) is 37.9 Å². The number of hydrogen-bond acceptors (Lipinski definition) is 6. The van der Waals surface area contributed by atoms with Gasteiger partial charge >= 0.3 is 8.80 Å². The monoisotopic (exact) mass is 438 g/mol. The van der Waals surface area contributed by atoms with Gasteiger partial charge in [0.25, 0.3) is 0 Å². The normalized spacial score (nSPS) is 11.9. The number of unbranched alkanes of at least 4 members (excludes halogenated alkanes) is 4. The minimum atomic E-state index is -2.45. The summed E-state index contributed by atoms with van der Waals surface area (Å²) in [5.41, 5.74) is 0. The number of rotatable bonds is 20. The molecule has 0 aliphatic heterocycles. The van der Waals surface area contributed by atoms with E-state index in [1.807, 2.05) is 32.5 Å². The summed E-state index contributed by atoms with van der Waals surface area (Å²) in [6, 6.07) is 0.915. The van der Waals surface area contributed by atoms with Gasteiger partial charge in [0.1, 0.15) is 0 Å². The SMILES string of the molecule is CCCCC(=O)SCCCCCCSCCC[Si](OCC)(OCC)OCC. The van der Waals surface area contributed by atoms with Crippen molar-refractivity contribution < 1.29 is 18.1 Å². The largest absolute Gasteiger partial charge is 0.500 e. The van der Waals surface area contributed by atoms with Crippen molar-refractivity contribution in [3.05, 3.63) is 0 Å². The Morgan fingerprint density at radius 2 is 1.30 bits per heavy atom. The molecule has 162 valence electrons. The van der Waals surface area contributed by atoms with Gasteiger partial charge in [-0.2, -0.15) is 11.8 Å². The van der Waals surface area contributed by atoms with E-state index < -0.39 is 8.80 Å². The third-order valence-corrected chi connectivity index (χ3v) is 9.37. The Morgan fingerprint density at radius 3 is 1.85 bits per heavy atom. The van der Waals surface area contributed by atoms with Gasteiger partial charge in [0.15, 0.2) is 5.12 Å². The molecule has 0 aromatic rings. The van der Waals surface area contributed by atoms with Crippen molar-refractivity contribution in [1.29, 1.82) is 0 Å². The molecule has 0 aromatic heterocycles. The van der Waals surface area contributed by atoms with Crippen LogP contribution in [0.2, 0.25) is 6.04 Å². The van der Waals surface area contributed by atoms with Gasteiger partial charge in [-0.15, -0.1) is 0 Å². The van der Waals surface area contributed by atoms with Crippen LogP contribution < -0.4 is 0 Å². The van der Waals surface area contributed by atoms with E-state index in [0.29, 0.717) is 24.9 Å². The summed E-state index contributed by atoms with van der Waals surface area (Å²) in [5, 5.41) is 0.373. The molecule has 7 heteroatoms. The minimum absolute atomic E-state index is 0.373. The maximum atomic E-state index is 11.6. The first kappa shape index (κ1) is 27.5. The lowest BCUT2D eigenvalue weighted by Crippen LogP contribution is -2.46. The molecular formula is C20H42O4S2Si. The lowest BCUT2D eigenvalue weighted by atomic mass is 10.2. The Balaban J connectivity index is 3.60. The second-order valence-corrected chi connectivity index (χ2v) is 11.5. The molecule has 0 aromatic carbocycles. The van der Waals surface area contributed by atoms with Gasteiger partial charge in [0.2, 0.25) is 0 Å². The molecule has 0 rings (SSSR count). The van der Waals surface area contributed by atoms with E-state index in [1.165, 1.54) is 43.2 Å². The van der Waals surface area contributed by atoms with Crippen LogP contribution >= 0.6 is 23.5 Å². The summed E-state index contributed by atoms with van der Waals surface area (Å²) in [6.07, 6.45) is 8.92. The number of carbonyl (C=O) groups excluding carboxylic acids is 1. The molecule has 27 heavy (non-hydrogen) atoms. The molecule has 0 aliphatic carbocycles. The fraction of sp³-hybridized carbons (Fsp3) is 0.950. The van der Waals surface area contributed by atoms with Crippen LogP contribution in [0.4, 0.5) is 0 Å². The van der Waals surface area contributed by atoms with E-state index in [-0.39, 0.29) is 0 Å². The van der Waals surface area contributed by atoms with E-state index in [1.54, 1.807) is 0 Å². The van der Waals surface area contributed by atoms with E-state index in [9.17, 15) is 4.79 Å². The van der Waals surface area contributed by atoms with Crippen molar-refractivity contribution in [3.63, 3.8) is 0 Å². The van der Waals surface area contributed by atoms with Crippen molar-refractivity contribution in [1.82, 2.24) is 0 Å². The Kier molecular flexibility index (Phi) is 20.1. The first-order chi connectivity index (χ1) is 13.1. The second kappa shape index (κ2) is 19.8. The second-order valence-electron chi connectivity index (χ2n) is 6.44. The standard InChI is InChI=1S/C20H42O4S2Si/c1-5-9-15-20(21)26-18-13-11-10-12-16-25-17-14-19-27(22-6-2,23-7-3)24-8-4/h5-19H2,1-4H3. The van der Waals surface area contributed by atoms with Crippen molar-refractivity contribution in [2.75, 3.05) is 37.1 Å². The summed E-state index contributed by atoms with van der Waals surface area (Å²) in [5.74, 6) is 3.35. The van der Waals surface area contributed by atoms with Crippen LogP contribution in [0.5, 0.6) is 0 Å². The summed E-state index contributed by atoms with van der Waals surface area (Å²) < 4.78 is 17.7.